The van der Waals surface area contributed by atoms with Crippen molar-refractivity contribution in [3.8, 4) is 22.8 Å². The fourth-order valence-electron chi connectivity index (χ4n) is 3.15. The molecule has 4 rings (SSSR count). The first-order valence-electron chi connectivity index (χ1n) is 9.94. The number of nitrogens with one attached hydrogen (secondary N) is 1. The molecule has 2 N–H and O–H groups in total. The third-order valence-electron chi connectivity index (χ3n) is 4.61. The number of aromatic nitrogens is 1. The fourth-order valence-corrected chi connectivity index (χ4v) is 3.15. The lowest BCUT2D eigenvalue weighted by molar-refractivity contribution is 0.106. The zero-order valence-electron chi connectivity index (χ0n) is 16.5. The van der Waals surface area contributed by atoms with Crippen molar-refractivity contribution >= 4 is 11.0 Å². The molecule has 0 saturated heterocycles. The summed E-state index contributed by atoms with van der Waals surface area (Å²) in [6, 6.07) is 25.0. The van der Waals surface area contributed by atoms with Gasteiger partial charge in [-0.3, -0.25) is 0 Å². The number of hydrogen-bond donors (Lipinski definition) is 2. The zero-order valence-corrected chi connectivity index (χ0v) is 16.5. The number of fused-ring (bicyclic) bond motifs is 1. The van der Waals surface area contributed by atoms with Crippen LogP contribution >= 0.6 is 0 Å². The summed E-state index contributed by atoms with van der Waals surface area (Å²) >= 11 is 0. The van der Waals surface area contributed by atoms with E-state index in [0.717, 1.165) is 22.4 Å². The van der Waals surface area contributed by atoms with Crippen molar-refractivity contribution < 1.29 is 19.1 Å². The number of rotatable bonds is 10. The Balaban J connectivity index is 1.30. The minimum Gasteiger partial charge on any atom is -0.492 e. The highest BCUT2D eigenvalue weighted by Gasteiger charge is 2.16. The average Bonchev–Trinajstić information content (AvgIpc) is 3.24. The first kappa shape index (κ1) is 19.9. The van der Waals surface area contributed by atoms with Crippen LogP contribution < -0.4 is 14.8 Å². The number of para-hydroxylation sites is 1. The van der Waals surface area contributed by atoms with Crippen LogP contribution in [-0.4, -0.2) is 42.7 Å². The highest BCUT2D eigenvalue weighted by Crippen LogP contribution is 2.34. The highest BCUT2D eigenvalue weighted by atomic mass is 16.5. The zero-order chi connectivity index (χ0) is 20.6. The molecule has 4 aromatic rings. The molecule has 0 amide bonds. The minimum absolute atomic E-state index is 0.158. The maximum absolute atomic E-state index is 10.3. The molecule has 6 heteroatoms. The van der Waals surface area contributed by atoms with Gasteiger partial charge in [-0.15, -0.1) is 0 Å². The molecule has 0 aliphatic carbocycles. The first-order chi connectivity index (χ1) is 14.8. The van der Waals surface area contributed by atoms with E-state index in [4.69, 9.17) is 14.0 Å². The summed E-state index contributed by atoms with van der Waals surface area (Å²) in [4.78, 5) is 0. The summed E-state index contributed by atoms with van der Waals surface area (Å²) in [6.45, 7) is 1.72. The van der Waals surface area contributed by atoms with Crippen LogP contribution in [0.3, 0.4) is 0 Å². The predicted molar refractivity (Wildman–Crippen MR) is 116 cm³/mol. The molecule has 3 aromatic carbocycles. The van der Waals surface area contributed by atoms with Crippen LogP contribution in [0.1, 0.15) is 0 Å². The van der Waals surface area contributed by atoms with Gasteiger partial charge >= 0.3 is 0 Å². The number of benzene rings is 3. The summed E-state index contributed by atoms with van der Waals surface area (Å²) in [6.07, 6.45) is -0.656. The number of aliphatic hydroxyl groups excluding tert-OH is 1. The third kappa shape index (κ3) is 4.97. The standard InChI is InChI=1S/C24H24N2O4/c27-19(16-25-14-15-28-20-10-5-2-6-11-20)17-29-21-12-7-13-22-23(21)24(26-30-22)18-8-3-1-4-9-18/h1-13,19,25,27H,14-17H2. The largest absolute Gasteiger partial charge is 0.492 e. The molecule has 1 heterocycles. The summed E-state index contributed by atoms with van der Waals surface area (Å²) in [5.41, 5.74) is 2.33. The van der Waals surface area contributed by atoms with Gasteiger partial charge in [-0.05, 0) is 24.3 Å². The quantitative estimate of drug-likeness (QED) is 0.391. The number of ether oxygens (including phenoxy) is 2. The SMILES string of the molecule is OC(CNCCOc1ccccc1)COc1cccc2onc(-c3ccccc3)c12. The molecule has 0 radical (unpaired) electrons. The molecule has 1 aromatic heterocycles. The lowest BCUT2D eigenvalue weighted by atomic mass is 10.1. The van der Waals surface area contributed by atoms with Crippen molar-refractivity contribution in [3.05, 3.63) is 78.9 Å². The van der Waals surface area contributed by atoms with E-state index < -0.39 is 6.10 Å². The van der Waals surface area contributed by atoms with Crippen LogP contribution in [0.25, 0.3) is 22.2 Å². The van der Waals surface area contributed by atoms with E-state index in [1.165, 1.54) is 0 Å². The molecule has 0 bridgehead atoms. The second kappa shape index (κ2) is 9.91. The number of hydrogen-bond acceptors (Lipinski definition) is 6. The third-order valence-corrected chi connectivity index (χ3v) is 4.61. The second-order valence-electron chi connectivity index (χ2n) is 6.86. The smallest absolute Gasteiger partial charge is 0.171 e. The number of nitrogens with zero attached hydrogens (tertiary/aromatic N) is 1. The topological polar surface area (TPSA) is 76.8 Å². The molecule has 0 aliphatic heterocycles. The summed E-state index contributed by atoms with van der Waals surface area (Å²) in [5.74, 6) is 1.47. The molecule has 0 fully saturated rings. The van der Waals surface area contributed by atoms with E-state index in [1.807, 2.05) is 78.9 Å². The Hall–Kier alpha value is -3.35. The molecule has 30 heavy (non-hydrogen) atoms. The molecule has 1 atom stereocenters. The van der Waals surface area contributed by atoms with E-state index in [-0.39, 0.29) is 6.61 Å². The fraction of sp³-hybridized carbons (Fsp3) is 0.208. The summed E-state index contributed by atoms with van der Waals surface area (Å²) in [5, 5.41) is 18.5. The van der Waals surface area contributed by atoms with Gasteiger partial charge in [0.2, 0.25) is 0 Å². The summed E-state index contributed by atoms with van der Waals surface area (Å²) in [7, 11) is 0. The number of aliphatic hydroxyl groups is 1. The lowest BCUT2D eigenvalue weighted by Crippen LogP contribution is -2.33. The molecule has 0 aliphatic rings. The highest BCUT2D eigenvalue weighted by molar-refractivity contribution is 5.96. The van der Waals surface area contributed by atoms with Gasteiger partial charge in [0.25, 0.3) is 0 Å². The Morgan fingerprint density at radius 3 is 2.47 bits per heavy atom. The van der Waals surface area contributed by atoms with Gasteiger partial charge in [0.15, 0.2) is 5.58 Å². The van der Waals surface area contributed by atoms with Gasteiger partial charge in [0.05, 0.1) is 5.39 Å². The van der Waals surface area contributed by atoms with Crippen LogP contribution in [0.5, 0.6) is 11.5 Å². The van der Waals surface area contributed by atoms with E-state index in [9.17, 15) is 5.11 Å². The molecule has 154 valence electrons. The van der Waals surface area contributed by atoms with Gasteiger partial charge in [-0.1, -0.05) is 59.8 Å². The van der Waals surface area contributed by atoms with Crippen LogP contribution in [-0.2, 0) is 0 Å². The molecule has 1 unspecified atom stereocenters. The monoisotopic (exact) mass is 404 g/mol. The van der Waals surface area contributed by atoms with Gasteiger partial charge in [-0.25, -0.2) is 0 Å². The van der Waals surface area contributed by atoms with Crippen molar-refractivity contribution in [1.29, 1.82) is 0 Å². The van der Waals surface area contributed by atoms with Gasteiger partial charge in [0.1, 0.15) is 36.5 Å². The lowest BCUT2D eigenvalue weighted by Gasteiger charge is -2.14. The van der Waals surface area contributed by atoms with Crippen LogP contribution in [0.15, 0.2) is 83.4 Å². The molecule has 0 spiro atoms. The van der Waals surface area contributed by atoms with E-state index in [1.54, 1.807) is 0 Å². The Bertz CT molecular complexity index is 1050. The van der Waals surface area contributed by atoms with Crippen molar-refractivity contribution in [1.82, 2.24) is 10.5 Å². The van der Waals surface area contributed by atoms with E-state index in [2.05, 4.69) is 10.5 Å². The van der Waals surface area contributed by atoms with Gasteiger partial charge in [-0.2, -0.15) is 0 Å². The van der Waals surface area contributed by atoms with Crippen molar-refractivity contribution in [2.24, 2.45) is 0 Å². The summed E-state index contributed by atoms with van der Waals surface area (Å²) < 4.78 is 17.0. The second-order valence-corrected chi connectivity index (χ2v) is 6.86. The maximum atomic E-state index is 10.3. The Kier molecular flexibility index (Phi) is 6.59. The Labute approximate surface area is 175 Å². The van der Waals surface area contributed by atoms with E-state index >= 15 is 0 Å². The van der Waals surface area contributed by atoms with Crippen LogP contribution in [0, 0.1) is 0 Å². The molecular formula is C24H24N2O4. The molecule has 6 nitrogen and oxygen atoms in total. The van der Waals surface area contributed by atoms with Crippen molar-refractivity contribution in [2.75, 3.05) is 26.3 Å². The maximum Gasteiger partial charge on any atom is 0.171 e. The normalized spacial score (nSPS) is 12.0. The predicted octanol–water partition coefficient (Wildman–Crippen LogP) is 3.90. The van der Waals surface area contributed by atoms with Crippen molar-refractivity contribution in [2.45, 2.75) is 6.10 Å². The van der Waals surface area contributed by atoms with Gasteiger partial charge < -0.3 is 24.4 Å². The molecule has 0 saturated carbocycles. The van der Waals surface area contributed by atoms with E-state index in [0.29, 0.717) is 31.0 Å². The molecular weight excluding hydrogens is 380 g/mol. The average molecular weight is 404 g/mol. The van der Waals surface area contributed by atoms with Crippen LogP contribution in [0.4, 0.5) is 0 Å². The first-order valence-corrected chi connectivity index (χ1v) is 9.94. The van der Waals surface area contributed by atoms with Crippen LogP contribution in [0.2, 0.25) is 0 Å². The Morgan fingerprint density at radius 1 is 0.900 bits per heavy atom. The van der Waals surface area contributed by atoms with Gasteiger partial charge in [0, 0.05) is 18.7 Å². The minimum atomic E-state index is -0.656. The Morgan fingerprint density at radius 2 is 1.67 bits per heavy atom. The van der Waals surface area contributed by atoms with Crippen molar-refractivity contribution in [3.63, 3.8) is 0 Å².